The van der Waals surface area contributed by atoms with Crippen LogP contribution in [0.5, 0.6) is 11.5 Å². The maximum absolute atomic E-state index is 13.4. The number of benzene rings is 3. The van der Waals surface area contributed by atoms with Gasteiger partial charge in [-0.15, -0.1) is 0 Å². The van der Waals surface area contributed by atoms with Gasteiger partial charge in [0, 0.05) is 15.1 Å². The van der Waals surface area contributed by atoms with Crippen molar-refractivity contribution in [3.63, 3.8) is 0 Å². The predicted molar refractivity (Wildman–Crippen MR) is 133 cm³/mol. The number of nitrogens with one attached hydrogen (secondary N) is 1. The zero-order valence-corrected chi connectivity index (χ0v) is 21.0. The molecule has 176 valence electrons. The Morgan fingerprint density at radius 3 is 2.59 bits per heavy atom. The number of anilines is 1. The topological polar surface area (TPSA) is 97.3 Å². The molecule has 0 fully saturated rings. The number of fused-ring (bicyclic) bond motifs is 1. The van der Waals surface area contributed by atoms with E-state index in [2.05, 4.69) is 26.5 Å². The van der Waals surface area contributed by atoms with Gasteiger partial charge in [0.25, 0.3) is 15.9 Å². The van der Waals surface area contributed by atoms with Crippen LogP contribution in [0.15, 0.2) is 75.1 Å². The third-order valence-corrected chi connectivity index (χ3v) is 7.88. The number of hydrazone groups is 1. The Morgan fingerprint density at radius 1 is 1.15 bits per heavy atom. The van der Waals surface area contributed by atoms with Gasteiger partial charge in [-0.2, -0.15) is 5.10 Å². The van der Waals surface area contributed by atoms with Crippen molar-refractivity contribution in [2.45, 2.75) is 11.8 Å². The highest BCUT2D eigenvalue weighted by Crippen LogP contribution is 2.36. The van der Waals surface area contributed by atoms with Gasteiger partial charge in [-0.1, -0.05) is 35.9 Å². The molecule has 0 aromatic heterocycles. The van der Waals surface area contributed by atoms with Crippen molar-refractivity contribution in [2.75, 3.05) is 17.6 Å². The molecule has 0 saturated heterocycles. The number of carbonyl (C=O) groups is 1. The molecule has 34 heavy (non-hydrogen) atoms. The molecule has 0 radical (unpaired) electrons. The normalized spacial score (nSPS) is 12.7. The first-order valence-corrected chi connectivity index (χ1v) is 12.6. The number of sulfonamides is 1. The summed E-state index contributed by atoms with van der Waals surface area (Å²) in [6.45, 7) is 1.32. The van der Waals surface area contributed by atoms with E-state index in [1.807, 2.05) is 0 Å². The molecule has 1 amide bonds. The Kier molecular flexibility index (Phi) is 7.11. The molecule has 1 heterocycles. The standard InChI is InChI=1S/C23H19BrClN3O5S/c1-15-19(25)8-5-9-20(15)28(34(30,31)17-6-3-2-4-7-17)13-23(29)27-26-12-16-10-21-22(11-18(16)24)33-14-32-21/h2-12H,13-14H2,1H3,(H,27,29)/b26-12-. The molecule has 11 heteroatoms. The summed E-state index contributed by atoms with van der Waals surface area (Å²) in [5, 5.41) is 4.36. The van der Waals surface area contributed by atoms with Crippen molar-refractivity contribution in [2.24, 2.45) is 5.10 Å². The van der Waals surface area contributed by atoms with Crippen molar-refractivity contribution < 1.29 is 22.7 Å². The van der Waals surface area contributed by atoms with E-state index < -0.39 is 22.5 Å². The Balaban J connectivity index is 1.58. The largest absolute Gasteiger partial charge is 0.454 e. The molecule has 0 unspecified atom stereocenters. The van der Waals surface area contributed by atoms with Gasteiger partial charge in [0.05, 0.1) is 16.8 Å². The number of hydrogen-bond donors (Lipinski definition) is 1. The summed E-state index contributed by atoms with van der Waals surface area (Å²) in [7, 11) is -4.06. The van der Waals surface area contributed by atoms with E-state index in [0.29, 0.717) is 37.8 Å². The van der Waals surface area contributed by atoms with Crippen LogP contribution in [0, 0.1) is 6.92 Å². The lowest BCUT2D eigenvalue weighted by molar-refractivity contribution is -0.119. The second-order valence-corrected chi connectivity index (χ2v) is 10.4. The molecule has 3 aromatic carbocycles. The number of hydrogen-bond acceptors (Lipinski definition) is 6. The average molecular weight is 565 g/mol. The monoisotopic (exact) mass is 563 g/mol. The molecular weight excluding hydrogens is 546 g/mol. The Labute approximate surface area is 210 Å². The minimum Gasteiger partial charge on any atom is -0.454 e. The van der Waals surface area contributed by atoms with Crippen molar-refractivity contribution in [3.8, 4) is 11.5 Å². The van der Waals surface area contributed by atoms with Crippen LogP contribution in [0.3, 0.4) is 0 Å². The summed E-state index contributed by atoms with van der Waals surface area (Å²) >= 11 is 9.64. The van der Waals surface area contributed by atoms with E-state index >= 15 is 0 Å². The minimum absolute atomic E-state index is 0.0509. The molecule has 0 aliphatic carbocycles. The Morgan fingerprint density at radius 2 is 1.85 bits per heavy atom. The summed E-state index contributed by atoms with van der Waals surface area (Å²) in [6, 6.07) is 16.2. The quantitative estimate of drug-likeness (QED) is 0.337. The number of nitrogens with zero attached hydrogens (tertiary/aromatic N) is 2. The Bertz CT molecular complexity index is 1370. The van der Waals surface area contributed by atoms with Crippen molar-refractivity contribution in [3.05, 3.63) is 81.3 Å². The number of ether oxygens (including phenoxy) is 2. The van der Waals surface area contributed by atoms with Crippen LogP contribution < -0.4 is 19.2 Å². The lowest BCUT2D eigenvalue weighted by Crippen LogP contribution is -2.40. The third-order valence-electron chi connectivity index (χ3n) is 5.01. The Hall–Kier alpha value is -3.08. The lowest BCUT2D eigenvalue weighted by Gasteiger charge is -2.25. The minimum atomic E-state index is -4.06. The molecule has 3 aromatic rings. The maximum atomic E-state index is 13.4. The summed E-state index contributed by atoms with van der Waals surface area (Å²) < 4.78 is 39.2. The smallest absolute Gasteiger partial charge is 0.264 e. The van der Waals surface area contributed by atoms with Crippen molar-refractivity contribution in [1.82, 2.24) is 5.43 Å². The second-order valence-electron chi connectivity index (χ2n) is 7.23. The van der Waals surface area contributed by atoms with E-state index in [9.17, 15) is 13.2 Å². The zero-order chi connectivity index (χ0) is 24.3. The summed E-state index contributed by atoms with van der Waals surface area (Å²) in [5.41, 5.74) is 3.86. The molecule has 1 N–H and O–H groups in total. The van der Waals surface area contributed by atoms with Crippen molar-refractivity contribution in [1.29, 1.82) is 0 Å². The van der Waals surface area contributed by atoms with E-state index in [1.54, 1.807) is 55.5 Å². The SMILES string of the molecule is Cc1c(Cl)cccc1N(CC(=O)N/N=C\c1cc2c(cc1Br)OCO2)S(=O)(=O)c1ccccc1. The van der Waals surface area contributed by atoms with Gasteiger partial charge in [0.2, 0.25) is 6.79 Å². The van der Waals surface area contributed by atoms with E-state index in [1.165, 1.54) is 18.3 Å². The second kappa shape index (κ2) is 10.0. The molecule has 8 nitrogen and oxygen atoms in total. The zero-order valence-electron chi connectivity index (χ0n) is 17.9. The molecule has 0 bridgehead atoms. The van der Waals surface area contributed by atoms with E-state index in [4.69, 9.17) is 21.1 Å². The van der Waals surface area contributed by atoms with Gasteiger partial charge in [-0.25, -0.2) is 13.8 Å². The van der Waals surface area contributed by atoms with Crippen molar-refractivity contribution >= 4 is 55.4 Å². The van der Waals surface area contributed by atoms with Gasteiger partial charge in [0.15, 0.2) is 11.5 Å². The first-order chi connectivity index (χ1) is 16.3. The fraction of sp³-hybridized carbons (Fsp3) is 0.130. The summed E-state index contributed by atoms with van der Waals surface area (Å²) in [4.78, 5) is 12.8. The van der Waals surface area contributed by atoms with Crippen LogP contribution in [0.4, 0.5) is 5.69 Å². The van der Waals surface area contributed by atoms with E-state index in [-0.39, 0.29) is 11.7 Å². The van der Waals surface area contributed by atoms with Gasteiger partial charge >= 0.3 is 0 Å². The van der Waals surface area contributed by atoms with Crippen LogP contribution >= 0.6 is 27.5 Å². The summed E-state index contributed by atoms with van der Waals surface area (Å²) in [6.07, 6.45) is 1.42. The molecular formula is C23H19BrClN3O5S. The van der Waals surface area contributed by atoms with Crippen LogP contribution in [-0.4, -0.2) is 33.9 Å². The van der Waals surface area contributed by atoms with Gasteiger partial charge in [0.1, 0.15) is 6.54 Å². The predicted octanol–water partition coefficient (Wildman–Crippen LogP) is 4.49. The number of amides is 1. The van der Waals surface area contributed by atoms with Crippen LogP contribution in [-0.2, 0) is 14.8 Å². The van der Waals surface area contributed by atoms with Crippen LogP contribution in [0.2, 0.25) is 5.02 Å². The van der Waals surface area contributed by atoms with Gasteiger partial charge in [-0.3, -0.25) is 9.10 Å². The number of halogens is 2. The number of rotatable bonds is 7. The highest BCUT2D eigenvalue weighted by Gasteiger charge is 2.28. The number of carbonyl (C=O) groups excluding carboxylic acids is 1. The molecule has 4 rings (SSSR count). The lowest BCUT2D eigenvalue weighted by atomic mass is 10.2. The van der Waals surface area contributed by atoms with Crippen LogP contribution in [0.25, 0.3) is 0 Å². The third kappa shape index (κ3) is 5.03. The van der Waals surface area contributed by atoms with Gasteiger partial charge < -0.3 is 9.47 Å². The molecule has 1 aliphatic rings. The maximum Gasteiger partial charge on any atom is 0.264 e. The molecule has 1 aliphatic heterocycles. The highest BCUT2D eigenvalue weighted by atomic mass is 79.9. The molecule has 0 spiro atoms. The first-order valence-electron chi connectivity index (χ1n) is 10.0. The molecule has 0 atom stereocenters. The van der Waals surface area contributed by atoms with E-state index in [0.717, 1.165) is 4.31 Å². The summed E-state index contributed by atoms with van der Waals surface area (Å²) in [5.74, 6) is 0.534. The first kappa shape index (κ1) is 24.1. The van der Waals surface area contributed by atoms with Gasteiger partial charge in [-0.05, 0) is 64.8 Å². The van der Waals surface area contributed by atoms with Crippen LogP contribution in [0.1, 0.15) is 11.1 Å². The fourth-order valence-electron chi connectivity index (χ4n) is 3.26. The average Bonchev–Trinajstić information content (AvgIpc) is 3.27. The molecule has 0 saturated carbocycles. The highest BCUT2D eigenvalue weighted by molar-refractivity contribution is 9.10. The fourth-order valence-corrected chi connectivity index (χ4v) is 5.35.